The third-order valence-electron chi connectivity index (χ3n) is 6.14. The van der Waals surface area contributed by atoms with Crippen molar-refractivity contribution >= 4 is 41.1 Å². The maximum Gasteiger partial charge on any atom is 0.490 e. The Labute approximate surface area is 273 Å². The van der Waals surface area contributed by atoms with Crippen LogP contribution in [0.15, 0.2) is 36.4 Å². The molecule has 19 heteroatoms. The summed E-state index contributed by atoms with van der Waals surface area (Å²) in [7, 11) is 0. The van der Waals surface area contributed by atoms with Crippen molar-refractivity contribution in [2.75, 3.05) is 26.2 Å². The molecule has 10 nitrogen and oxygen atoms in total. The van der Waals surface area contributed by atoms with Gasteiger partial charge >= 0.3 is 30.3 Å². The van der Waals surface area contributed by atoms with Gasteiger partial charge in [-0.25, -0.2) is 14.0 Å². The number of piperidine rings is 1. The first-order valence-electron chi connectivity index (χ1n) is 13.4. The summed E-state index contributed by atoms with van der Waals surface area (Å²) in [5, 5.41) is 38.5. The molecule has 0 saturated carbocycles. The number of ether oxygens (including phenoxy) is 1. The molecule has 0 radical (unpaired) electrons. The lowest BCUT2D eigenvalue weighted by molar-refractivity contribution is -0.193. The highest BCUT2D eigenvalue weighted by Gasteiger charge is 2.39. The molecule has 1 fully saturated rings. The average Bonchev–Trinajstić information content (AvgIpc) is 2.94. The minimum absolute atomic E-state index is 0.0910. The molecule has 5 N–H and O–H groups in total. The highest BCUT2D eigenvalue weighted by atomic mass is 35.5. The second-order valence-corrected chi connectivity index (χ2v) is 11.2. The Hall–Kier alpha value is -3.38. The summed E-state index contributed by atoms with van der Waals surface area (Å²) in [6.07, 6.45) is -8.58. The van der Waals surface area contributed by atoms with Crippen LogP contribution in [0.4, 0.5) is 30.7 Å². The summed E-state index contributed by atoms with van der Waals surface area (Å²) in [5.41, 5.74) is 0.279. The molecule has 1 aliphatic rings. The van der Waals surface area contributed by atoms with Gasteiger partial charge in [0.15, 0.2) is 0 Å². The Bertz CT molecular complexity index is 1330. The molecule has 0 aliphatic carbocycles. The van der Waals surface area contributed by atoms with E-state index in [1.807, 2.05) is 18.2 Å². The van der Waals surface area contributed by atoms with E-state index in [1.54, 1.807) is 6.92 Å². The largest absolute Gasteiger partial charge is 0.490 e. The molecule has 2 aromatic carbocycles. The maximum atomic E-state index is 13.6. The Kier molecular flexibility index (Phi) is 16.2. The van der Waals surface area contributed by atoms with E-state index in [9.17, 15) is 40.6 Å². The molecule has 264 valence electrons. The maximum absolute atomic E-state index is 13.6. The van der Waals surface area contributed by atoms with Gasteiger partial charge in [-0.1, -0.05) is 35.3 Å². The zero-order chi connectivity index (χ0) is 36.2. The molecule has 0 amide bonds. The molecule has 47 heavy (non-hydrogen) atoms. The standard InChI is InChI=1S/C24H29Cl2FN2O4.2C2HF3O2/c1-24(32,15-33-22-12-18(27)4-3-17(22)11-23(30)31)14-28-19-6-8-29(9-7-19)13-16-2-5-20(25)21(26)10-16;2*3-2(4,5)1(6)7/h2-5,10,12,19,28,32H,6-9,11,13-15H2,1H3,(H,30,31);2*(H,6,7)/t24-;;/m0../s1. The van der Waals surface area contributed by atoms with Crippen LogP contribution in [-0.2, 0) is 27.3 Å². The van der Waals surface area contributed by atoms with E-state index in [1.165, 1.54) is 12.1 Å². The molecule has 3 rings (SSSR count). The van der Waals surface area contributed by atoms with Crippen molar-refractivity contribution in [1.29, 1.82) is 0 Å². The molecular formula is C28H31Cl2F7N2O8. The number of nitrogens with one attached hydrogen (secondary N) is 1. The van der Waals surface area contributed by atoms with Gasteiger partial charge < -0.3 is 30.5 Å². The van der Waals surface area contributed by atoms with Gasteiger partial charge in [-0.15, -0.1) is 0 Å². The summed E-state index contributed by atoms with van der Waals surface area (Å²) in [6, 6.07) is 9.67. The molecule has 1 aliphatic heterocycles. The predicted molar refractivity (Wildman–Crippen MR) is 154 cm³/mol. The summed E-state index contributed by atoms with van der Waals surface area (Å²) in [5.74, 6) is -6.94. The summed E-state index contributed by atoms with van der Waals surface area (Å²) in [6.45, 7) is 4.48. The molecule has 1 saturated heterocycles. The summed E-state index contributed by atoms with van der Waals surface area (Å²) < 4.78 is 82.7. The number of aliphatic hydroxyl groups is 1. The van der Waals surface area contributed by atoms with Crippen molar-refractivity contribution in [3.8, 4) is 5.75 Å². The first kappa shape index (κ1) is 41.6. The number of carbonyl (C=O) groups is 3. The fraction of sp³-hybridized carbons (Fsp3) is 0.464. The SMILES string of the molecule is C[C@](O)(CNC1CCN(Cc2ccc(Cl)c(Cl)c2)CC1)COc1cc(F)ccc1CC(=O)O.O=C(O)C(F)(F)F.O=C(O)C(F)(F)F. The number of rotatable bonds is 10. The number of carboxylic acids is 3. The Balaban J connectivity index is 0.000000658. The van der Waals surface area contributed by atoms with Gasteiger partial charge in [-0.3, -0.25) is 9.69 Å². The van der Waals surface area contributed by atoms with E-state index >= 15 is 0 Å². The van der Waals surface area contributed by atoms with Crippen molar-refractivity contribution in [1.82, 2.24) is 10.2 Å². The zero-order valence-electron chi connectivity index (χ0n) is 24.5. The number of likely N-dealkylation sites (tertiary alicyclic amines) is 1. The van der Waals surface area contributed by atoms with Crippen LogP contribution in [0.25, 0.3) is 0 Å². The average molecular weight is 727 g/mol. The van der Waals surface area contributed by atoms with Gasteiger partial charge in [0.05, 0.1) is 16.5 Å². The first-order valence-corrected chi connectivity index (χ1v) is 14.1. The molecule has 1 heterocycles. The first-order chi connectivity index (χ1) is 21.5. The van der Waals surface area contributed by atoms with E-state index < -0.39 is 41.7 Å². The van der Waals surface area contributed by atoms with Crippen LogP contribution in [0.2, 0.25) is 10.0 Å². The number of alkyl halides is 6. The number of benzene rings is 2. The smallest absolute Gasteiger partial charge is 0.490 e. The number of hydrogen-bond donors (Lipinski definition) is 5. The molecular weight excluding hydrogens is 696 g/mol. The van der Waals surface area contributed by atoms with Gasteiger partial charge in [0, 0.05) is 30.8 Å². The van der Waals surface area contributed by atoms with Crippen molar-refractivity contribution in [3.05, 3.63) is 63.4 Å². The molecule has 0 unspecified atom stereocenters. The Morgan fingerprint density at radius 3 is 1.91 bits per heavy atom. The summed E-state index contributed by atoms with van der Waals surface area (Å²) >= 11 is 12.1. The van der Waals surface area contributed by atoms with Crippen LogP contribution < -0.4 is 10.1 Å². The van der Waals surface area contributed by atoms with E-state index in [2.05, 4.69) is 10.2 Å². The number of carboxylic acid groups (broad SMARTS) is 3. The lowest BCUT2D eigenvalue weighted by Crippen LogP contribution is -2.49. The van der Waals surface area contributed by atoms with Gasteiger partial charge in [-0.05, 0) is 56.6 Å². The van der Waals surface area contributed by atoms with Crippen molar-refractivity contribution in [2.24, 2.45) is 0 Å². The molecule has 2 aromatic rings. The normalized spacial score (nSPS) is 15.3. The second kappa shape index (κ2) is 18.2. The molecule has 1 atom stereocenters. The fourth-order valence-corrected chi connectivity index (χ4v) is 4.13. The third-order valence-corrected chi connectivity index (χ3v) is 6.88. The van der Waals surface area contributed by atoms with Crippen LogP contribution in [-0.4, -0.2) is 93.5 Å². The van der Waals surface area contributed by atoms with E-state index in [0.29, 0.717) is 22.2 Å². The fourth-order valence-electron chi connectivity index (χ4n) is 3.81. The van der Waals surface area contributed by atoms with Gasteiger partial charge in [0.2, 0.25) is 0 Å². The molecule has 0 aromatic heterocycles. The van der Waals surface area contributed by atoms with E-state index in [4.69, 9.17) is 52.8 Å². The number of halogens is 9. The lowest BCUT2D eigenvalue weighted by Gasteiger charge is -2.34. The van der Waals surface area contributed by atoms with Gasteiger partial charge in [0.1, 0.15) is 23.8 Å². The van der Waals surface area contributed by atoms with Gasteiger partial charge in [0.25, 0.3) is 0 Å². The number of nitrogens with zero attached hydrogens (tertiary/aromatic N) is 1. The topological polar surface area (TPSA) is 157 Å². The number of hydrogen-bond acceptors (Lipinski definition) is 7. The van der Waals surface area contributed by atoms with E-state index in [0.717, 1.165) is 44.1 Å². The van der Waals surface area contributed by atoms with Crippen LogP contribution in [0.3, 0.4) is 0 Å². The number of aliphatic carboxylic acids is 3. The Morgan fingerprint density at radius 1 is 0.915 bits per heavy atom. The highest BCUT2D eigenvalue weighted by Crippen LogP contribution is 2.25. The highest BCUT2D eigenvalue weighted by molar-refractivity contribution is 6.42. The Morgan fingerprint density at radius 2 is 1.45 bits per heavy atom. The lowest BCUT2D eigenvalue weighted by atomic mass is 10.0. The quantitative estimate of drug-likeness (QED) is 0.201. The third kappa shape index (κ3) is 16.8. The van der Waals surface area contributed by atoms with Crippen molar-refractivity contribution < 1.29 is 70.3 Å². The van der Waals surface area contributed by atoms with Crippen LogP contribution in [0, 0.1) is 5.82 Å². The minimum Gasteiger partial charge on any atom is -0.490 e. The summed E-state index contributed by atoms with van der Waals surface area (Å²) in [4.78, 5) is 31.2. The minimum atomic E-state index is -5.08. The predicted octanol–water partition coefficient (Wildman–Crippen LogP) is 5.41. The van der Waals surface area contributed by atoms with Crippen molar-refractivity contribution in [2.45, 2.75) is 56.7 Å². The molecule has 0 spiro atoms. The van der Waals surface area contributed by atoms with E-state index in [-0.39, 0.29) is 24.8 Å². The van der Waals surface area contributed by atoms with Crippen molar-refractivity contribution in [3.63, 3.8) is 0 Å². The molecule has 0 bridgehead atoms. The van der Waals surface area contributed by atoms with Gasteiger partial charge in [-0.2, -0.15) is 26.3 Å². The zero-order valence-corrected chi connectivity index (χ0v) is 26.0. The second-order valence-electron chi connectivity index (χ2n) is 10.4. The van der Waals surface area contributed by atoms with Crippen LogP contribution >= 0.6 is 23.2 Å². The van der Waals surface area contributed by atoms with Crippen LogP contribution in [0.1, 0.15) is 30.9 Å². The van der Waals surface area contributed by atoms with Crippen LogP contribution in [0.5, 0.6) is 5.75 Å². The monoisotopic (exact) mass is 726 g/mol.